The maximum absolute atomic E-state index is 12.5. The Kier molecular flexibility index (Phi) is 6.92. The van der Waals surface area contributed by atoms with Crippen molar-refractivity contribution >= 4 is 23.5 Å². The Hall–Kier alpha value is -2.28. The van der Waals surface area contributed by atoms with Crippen molar-refractivity contribution in [1.29, 1.82) is 0 Å². The number of rotatable bonds is 5. The first-order valence-corrected chi connectivity index (χ1v) is 9.96. The molecule has 1 aromatic carbocycles. The second kappa shape index (κ2) is 9.60. The number of amides is 3. The molecule has 0 radical (unpaired) electrons. The van der Waals surface area contributed by atoms with Crippen molar-refractivity contribution in [2.75, 3.05) is 50.0 Å². The Morgan fingerprint density at radius 3 is 2.19 bits per heavy atom. The average molecular weight is 374 g/mol. The lowest BCUT2D eigenvalue weighted by Crippen LogP contribution is -2.43. The van der Waals surface area contributed by atoms with Crippen molar-refractivity contribution in [1.82, 2.24) is 9.80 Å². The van der Waals surface area contributed by atoms with Crippen molar-refractivity contribution in [2.45, 2.75) is 32.6 Å². The maximum atomic E-state index is 12.5. The summed E-state index contributed by atoms with van der Waals surface area (Å²) in [5, 5.41) is 5.57. The van der Waals surface area contributed by atoms with Gasteiger partial charge in [-0.1, -0.05) is 0 Å². The number of likely N-dealkylation sites (tertiary alicyclic amines) is 2. The lowest BCUT2D eigenvalue weighted by molar-refractivity contribution is 0.163. The molecule has 27 heavy (non-hydrogen) atoms. The van der Waals surface area contributed by atoms with E-state index in [4.69, 9.17) is 4.74 Å². The third-order valence-electron chi connectivity index (χ3n) is 5.27. The predicted octanol–water partition coefficient (Wildman–Crippen LogP) is 3.59. The maximum Gasteiger partial charge on any atom is 0.411 e. The fourth-order valence-corrected chi connectivity index (χ4v) is 3.77. The highest BCUT2D eigenvalue weighted by molar-refractivity contribution is 5.90. The van der Waals surface area contributed by atoms with E-state index < -0.39 is 6.09 Å². The Labute approximate surface area is 161 Å². The number of nitrogens with zero attached hydrogens (tertiary/aromatic N) is 2. The minimum atomic E-state index is -0.480. The first kappa shape index (κ1) is 19.5. The number of hydrogen-bond acceptors (Lipinski definition) is 4. The Morgan fingerprint density at radius 2 is 1.59 bits per heavy atom. The van der Waals surface area contributed by atoms with Gasteiger partial charge in [0.15, 0.2) is 0 Å². The van der Waals surface area contributed by atoms with E-state index in [0.29, 0.717) is 23.9 Å². The summed E-state index contributed by atoms with van der Waals surface area (Å²) >= 11 is 0. The number of hydrogen-bond donors (Lipinski definition) is 2. The highest BCUT2D eigenvalue weighted by Crippen LogP contribution is 2.21. The zero-order chi connectivity index (χ0) is 19.1. The van der Waals surface area contributed by atoms with Crippen LogP contribution >= 0.6 is 0 Å². The predicted molar refractivity (Wildman–Crippen MR) is 106 cm³/mol. The van der Waals surface area contributed by atoms with Crippen molar-refractivity contribution in [2.24, 2.45) is 5.92 Å². The van der Waals surface area contributed by atoms with E-state index in [-0.39, 0.29) is 6.03 Å². The molecule has 148 valence electrons. The van der Waals surface area contributed by atoms with Crippen LogP contribution in [-0.4, -0.2) is 61.3 Å². The molecule has 0 unspecified atom stereocenters. The average Bonchev–Trinajstić information content (AvgIpc) is 3.17. The summed E-state index contributed by atoms with van der Waals surface area (Å²) in [7, 11) is 0. The Morgan fingerprint density at radius 1 is 1.00 bits per heavy atom. The summed E-state index contributed by atoms with van der Waals surface area (Å²) < 4.78 is 4.84. The standard InChI is InChI=1S/C20H30N4O3/c1-2-27-20(26)22-18-7-5-17(6-8-18)21-19(25)24-13-9-16(10-14-24)15-23-11-3-4-12-23/h5-8,16H,2-4,9-15H2,1H3,(H,21,25)(H,22,26). The topological polar surface area (TPSA) is 73.9 Å². The number of ether oxygens (including phenoxy) is 1. The van der Waals surface area contributed by atoms with E-state index >= 15 is 0 Å². The number of urea groups is 1. The van der Waals surface area contributed by atoms with Crippen molar-refractivity contribution < 1.29 is 14.3 Å². The van der Waals surface area contributed by atoms with Crippen LogP contribution in [0.1, 0.15) is 32.6 Å². The summed E-state index contributed by atoms with van der Waals surface area (Å²) in [5.41, 5.74) is 1.35. The van der Waals surface area contributed by atoms with Crippen molar-refractivity contribution in [3.63, 3.8) is 0 Å². The molecule has 2 N–H and O–H groups in total. The lowest BCUT2D eigenvalue weighted by Gasteiger charge is -2.33. The van der Waals surface area contributed by atoms with Crippen LogP contribution < -0.4 is 10.6 Å². The largest absolute Gasteiger partial charge is 0.450 e. The van der Waals surface area contributed by atoms with E-state index in [1.165, 1.54) is 32.5 Å². The third-order valence-corrected chi connectivity index (χ3v) is 5.27. The molecule has 1 aromatic rings. The van der Waals surface area contributed by atoms with Crippen LogP contribution in [-0.2, 0) is 4.74 Å². The number of carbonyl (C=O) groups excluding carboxylic acids is 2. The summed E-state index contributed by atoms with van der Waals surface area (Å²) in [6.07, 6.45) is 4.33. The van der Waals surface area contributed by atoms with Gasteiger partial charge in [-0.25, -0.2) is 9.59 Å². The lowest BCUT2D eigenvalue weighted by atomic mass is 9.96. The fraction of sp³-hybridized carbons (Fsp3) is 0.600. The summed E-state index contributed by atoms with van der Waals surface area (Å²) in [5.74, 6) is 0.709. The van der Waals surface area contributed by atoms with Crippen LogP contribution in [0.4, 0.5) is 21.0 Å². The molecule has 2 aliphatic rings. The van der Waals surface area contributed by atoms with Crippen LogP contribution in [0.25, 0.3) is 0 Å². The smallest absolute Gasteiger partial charge is 0.411 e. The van der Waals surface area contributed by atoms with Crippen molar-refractivity contribution in [3.05, 3.63) is 24.3 Å². The molecule has 0 aliphatic carbocycles. The third kappa shape index (κ3) is 5.85. The monoisotopic (exact) mass is 374 g/mol. The van der Waals surface area contributed by atoms with Gasteiger partial charge in [-0.3, -0.25) is 5.32 Å². The highest BCUT2D eigenvalue weighted by atomic mass is 16.5. The summed E-state index contributed by atoms with van der Waals surface area (Å²) in [6.45, 7) is 7.37. The molecule has 7 heteroatoms. The zero-order valence-corrected chi connectivity index (χ0v) is 16.1. The molecule has 2 heterocycles. The first-order valence-electron chi connectivity index (χ1n) is 9.96. The van der Waals surface area contributed by atoms with Crippen molar-refractivity contribution in [3.8, 4) is 0 Å². The molecule has 3 amide bonds. The van der Waals surface area contributed by atoms with Crippen LogP contribution in [0.15, 0.2) is 24.3 Å². The minimum Gasteiger partial charge on any atom is -0.450 e. The molecule has 3 rings (SSSR count). The molecule has 7 nitrogen and oxygen atoms in total. The van der Waals surface area contributed by atoms with E-state index in [2.05, 4.69) is 15.5 Å². The van der Waals surface area contributed by atoms with Crippen LogP contribution in [0.3, 0.4) is 0 Å². The van der Waals surface area contributed by atoms with Gasteiger partial charge < -0.3 is 19.9 Å². The summed E-state index contributed by atoms with van der Waals surface area (Å²) in [6, 6.07) is 6.99. The zero-order valence-electron chi connectivity index (χ0n) is 16.1. The first-order chi connectivity index (χ1) is 13.1. The van der Waals surface area contributed by atoms with Gasteiger partial charge in [0, 0.05) is 31.0 Å². The van der Waals surface area contributed by atoms with Gasteiger partial charge in [-0.2, -0.15) is 0 Å². The SMILES string of the molecule is CCOC(=O)Nc1ccc(NC(=O)N2CCC(CN3CCCC3)CC2)cc1. The van der Waals surface area contributed by atoms with E-state index in [1.54, 1.807) is 31.2 Å². The summed E-state index contributed by atoms with van der Waals surface area (Å²) in [4.78, 5) is 28.3. The molecule has 2 aliphatic heterocycles. The van der Waals surface area contributed by atoms with E-state index in [0.717, 1.165) is 25.9 Å². The molecular formula is C20H30N4O3. The Bertz CT molecular complexity index is 621. The van der Waals surface area contributed by atoms with E-state index in [9.17, 15) is 9.59 Å². The number of benzene rings is 1. The number of nitrogens with one attached hydrogen (secondary N) is 2. The second-order valence-corrected chi connectivity index (χ2v) is 7.29. The van der Waals surface area contributed by atoms with Crippen LogP contribution in [0.2, 0.25) is 0 Å². The van der Waals surface area contributed by atoms with E-state index in [1.807, 2.05) is 4.90 Å². The molecule has 0 saturated carbocycles. The van der Waals surface area contributed by atoms with Crippen LogP contribution in [0.5, 0.6) is 0 Å². The highest BCUT2D eigenvalue weighted by Gasteiger charge is 2.25. The second-order valence-electron chi connectivity index (χ2n) is 7.29. The fourth-order valence-electron chi connectivity index (χ4n) is 3.77. The normalized spacial score (nSPS) is 18.3. The molecule has 0 spiro atoms. The molecule has 2 saturated heterocycles. The van der Waals surface area contributed by atoms with Gasteiger partial charge in [0.25, 0.3) is 0 Å². The van der Waals surface area contributed by atoms with Gasteiger partial charge in [-0.15, -0.1) is 0 Å². The minimum absolute atomic E-state index is 0.0549. The molecular weight excluding hydrogens is 344 g/mol. The van der Waals surface area contributed by atoms with Crippen LogP contribution in [0, 0.1) is 5.92 Å². The van der Waals surface area contributed by atoms with Gasteiger partial charge >= 0.3 is 12.1 Å². The van der Waals surface area contributed by atoms with Gasteiger partial charge in [0.1, 0.15) is 0 Å². The number of piperidine rings is 1. The number of carbonyl (C=O) groups is 2. The molecule has 0 bridgehead atoms. The molecule has 0 atom stereocenters. The van der Waals surface area contributed by atoms with Gasteiger partial charge in [0.05, 0.1) is 6.61 Å². The Balaban J connectivity index is 1.41. The number of anilines is 2. The van der Waals surface area contributed by atoms with Gasteiger partial charge in [-0.05, 0) is 75.9 Å². The van der Waals surface area contributed by atoms with Gasteiger partial charge in [0.2, 0.25) is 0 Å². The molecule has 0 aromatic heterocycles. The quantitative estimate of drug-likeness (QED) is 0.826. The molecule has 2 fully saturated rings.